The molecule has 0 aliphatic heterocycles. The molecule has 1 fully saturated rings. The Labute approximate surface area is 70.9 Å². The zero-order valence-corrected chi connectivity index (χ0v) is 7.26. The Morgan fingerprint density at radius 1 is 1.50 bits per heavy atom. The van der Waals surface area contributed by atoms with Gasteiger partial charge < -0.3 is 5.73 Å². The highest BCUT2D eigenvalue weighted by atomic mass is 16.2. The number of hydrazine groups is 1. The molecule has 12 heavy (non-hydrogen) atoms. The molecule has 0 radical (unpaired) electrons. The molecule has 0 bridgehead atoms. The zero-order valence-electron chi connectivity index (χ0n) is 7.26. The number of hydrogen-bond donors (Lipinski definition) is 2. The first kappa shape index (κ1) is 8.83. The highest BCUT2D eigenvalue weighted by molar-refractivity contribution is 5.86. The quantitative estimate of drug-likeness (QED) is 0.537. The van der Waals surface area contributed by atoms with Gasteiger partial charge >= 0.3 is 6.03 Å². The van der Waals surface area contributed by atoms with Crippen molar-refractivity contribution in [3.8, 4) is 0 Å². The van der Waals surface area contributed by atoms with Crippen molar-refractivity contribution < 1.29 is 9.59 Å². The Hall–Kier alpha value is -1.26. The number of amides is 3. The molecule has 0 atom stereocenters. The lowest BCUT2D eigenvalue weighted by Gasteiger charge is -2.17. The summed E-state index contributed by atoms with van der Waals surface area (Å²) in [5.74, 6) is -0.135. The number of carbonyl (C=O) groups excluding carboxylic acids is 2. The fourth-order valence-corrected chi connectivity index (χ4v) is 0.757. The minimum Gasteiger partial charge on any atom is -0.350 e. The summed E-state index contributed by atoms with van der Waals surface area (Å²) < 4.78 is 0. The van der Waals surface area contributed by atoms with Gasteiger partial charge in [0.2, 0.25) is 5.91 Å². The molecule has 68 valence electrons. The standard InChI is InChI=1S/C7H13N3O2/c1-7(3-4-7)5(11)9-10(2)6(8)12/h3-4H2,1-2H3,(H2,8,12)(H,9,11). The summed E-state index contributed by atoms with van der Waals surface area (Å²) in [6, 6.07) is -0.660. The van der Waals surface area contributed by atoms with Crippen LogP contribution in [-0.2, 0) is 4.79 Å². The normalized spacial score (nSPS) is 18.2. The van der Waals surface area contributed by atoms with Gasteiger partial charge in [0.15, 0.2) is 0 Å². The first-order valence-corrected chi connectivity index (χ1v) is 3.80. The van der Waals surface area contributed by atoms with Crippen LogP contribution in [0.1, 0.15) is 19.8 Å². The minimum absolute atomic E-state index is 0.135. The van der Waals surface area contributed by atoms with E-state index in [2.05, 4.69) is 5.43 Å². The molecule has 3 N–H and O–H groups in total. The van der Waals surface area contributed by atoms with E-state index in [0.717, 1.165) is 17.9 Å². The van der Waals surface area contributed by atoms with Crippen molar-refractivity contribution in [2.24, 2.45) is 11.1 Å². The second-order valence-corrected chi connectivity index (χ2v) is 3.40. The van der Waals surface area contributed by atoms with E-state index in [-0.39, 0.29) is 11.3 Å². The van der Waals surface area contributed by atoms with Crippen molar-refractivity contribution >= 4 is 11.9 Å². The molecule has 0 unspecified atom stereocenters. The topological polar surface area (TPSA) is 75.4 Å². The summed E-state index contributed by atoms with van der Waals surface area (Å²) in [5, 5.41) is 0.992. The maximum Gasteiger partial charge on any atom is 0.333 e. The lowest BCUT2D eigenvalue weighted by molar-refractivity contribution is -0.129. The smallest absolute Gasteiger partial charge is 0.333 e. The van der Waals surface area contributed by atoms with Crippen LogP contribution in [0.2, 0.25) is 0 Å². The van der Waals surface area contributed by atoms with Gasteiger partial charge in [-0.25, -0.2) is 9.80 Å². The summed E-state index contributed by atoms with van der Waals surface area (Å²) in [7, 11) is 1.42. The molecule has 0 heterocycles. The van der Waals surface area contributed by atoms with Crippen molar-refractivity contribution in [3.05, 3.63) is 0 Å². The Balaban J connectivity index is 2.41. The summed E-state index contributed by atoms with van der Waals surface area (Å²) in [5.41, 5.74) is 7.05. The van der Waals surface area contributed by atoms with Crippen LogP contribution in [-0.4, -0.2) is 24.0 Å². The first-order valence-electron chi connectivity index (χ1n) is 3.80. The summed E-state index contributed by atoms with van der Waals surface area (Å²) in [6.45, 7) is 1.86. The van der Waals surface area contributed by atoms with E-state index < -0.39 is 6.03 Å². The van der Waals surface area contributed by atoms with Crippen LogP contribution in [0.5, 0.6) is 0 Å². The Kier molecular flexibility index (Phi) is 1.95. The number of nitrogens with two attached hydrogens (primary N) is 1. The molecular formula is C7H13N3O2. The summed E-state index contributed by atoms with van der Waals surface area (Å²) in [4.78, 5) is 21.8. The number of hydrogen-bond acceptors (Lipinski definition) is 2. The number of nitrogens with zero attached hydrogens (tertiary/aromatic N) is 1. The molecule has 0 saturated heterocycles. The maximum atomic E-state index is 11.3. The van der Waals surface area contributed by atoms with Crippen molar-refractivity contribution in [2.75, 3.05) is 7.05 Å². The first-order chi connectivity index (χ1) is 5.46. The molecule has 0 aromatic carbocycles. The van der Waals surface area contributed by atoms with Gasteiger partial charge in [0.1, 0.15) is 0 Å². The van der Waals surface area contributed by atoms with Crippen LogP contribution < -0.4 is 11.2 Å². The van der Waals surface area contributed by atoms with Gasteiger partial charge in [0, 0.05) is 12.5 Å². The third-order valence-electron chi connectivity index (χ3n) is 2.15. The predicted octanol–water partition coefficient (Wildman–Crippen LogP) is -0.172. The van der Waals surface area contributed by atoms with E-state index in [1.807, 2.05) is 6.92 Å². The SMILES string of the molecule is CN(NC(=O)C1(C)CC1)C(N)=O. The maximum absolute atomic E-state index is 11.3. The monoisotopic (exact) mass is 171 g/mol. The van der Waals surface area contributed by atoms with E-state index in [1.165, 1.54) is 7.05 Å². The lowest BCUT2D eigenvalue weighted by atomic mass is 10.1. The number of rotatable bonds is 1. The van der Waals surface area contributed by atoms with Crippen molar-refractivity contribution in [1.29, 1.82) is 0 Å². The molecule has 1 rings (SSSR count). The lowest BCUT2D eigenvalue weighted by Crippen LogP contribution is -2.48. The molecule has 1 aliphatic carbocycles. The average Bonchev–Trinajstić information content (AvgIpc) is 2.69. The molecule has 0 aromatic rings. The van der Waals surface area contributed by atoms with Gasteiger partial charge in [-0.05, 0) is 12.8 Å². The van der Waals surface area contributed by atoms with E-state index >= 15 is 0 Å². The van der Waals surface area contributed by atoms with E-state index in [9.17, 15) is 9.59 Å². The van der Waals surface area contributed by atoms with Crippen molar-refractivity contribution in [3.63, 3.8) is 0 Å². The summed E-state index contributed by atoms with van der Waals surface area (Å²) in [6.07, 6.45) is 1.76. The second-order valence-electron chi connectivity index (χ2n) is 3.40. The Bertz CT molecular complexity index is 223. The number of primary amides is 1. The van der Waals surface area contributed by atoms with Crippen LogP contribution in [0.15, 0.2) is 0 Å². The fourth-order valence-electron chi connectivity index (χ4n) is 0.757. The average molecular weight is 171 g/mol. The highest BCUT2D eigenvalue weighted by Gasteiger charge is 2.45. The zero-order chi connectivity index (χ0) is 9.35. The fraction of sp³-hybridized carbons (Fsp3) is 0.714. The van der Waals surface area contributed by atoms with Crippen LogP contribution in [0.4, 0.5) is 4.79 Å². The van der Waals surface area contributed by atoms with Gasteiger partial charge in [-0.3, -0.25) is 10.2 Å². The van der Waals surface area contributed by atoms with Crippen LogP contribution in [0.3, 0.4) is 0 Å². The molecule has 0 spiro atoms. The molecule has 5 nitrogen and oxygen atoms in total. The minimum atomic E-state index is -0.660. The van der Waals surface area contributed by atoms with Gasteiger partial charge in [0.25, 0.3) is 0 Å². The molecule has 5 heteroatoms. The number of nitrogens with one attached hydrogen (secondary N) is 1. The van der Waals surface area contributed by atoms with Gasteiger partial charge in [-0.1, -0.05) is 6.92 Å². The Morgan fingerprint density at radius 3 is 2.33 bits per heavy atom. The summed E-state index contributed by atoms with van der Waals surface area (Å²) >= 11 is 0. The van der Waals surface area contributed by atoms with Gasteiger partial charge in [-0.15, -0.1) is 0 Å². The highest BCUT2D eigenvalue weighted by Crippen LogP contribution is 2.44. The number of urea groups is 1. The van der Waals surface area contributed by atoms with Gasteiger partial charge in [0.05, 0.1) is 0 Å². The molecule has 1 saturated carbocycles. The van der Waals surface area contributed by atoms with E-state index in [0.29, 0.717) is 0 Å². The molecular weight excluding hydrogens is 158 g/mol. The number of carbonyl (C=O) groups is 2. The van der Waals surface area contributed by atoms with Crippen LogP contribution in [0.25, 0.3) is 0 Å². The van der Waals surface area contributed by atoms with Gasteiger partial charge in [-0.2, -0.15) is 0 Å². The predicted molar refractivity (Wildman–Crippen MR) is 42.8 cm³/mol. The van der Waals surface area contributed by atoms with Crippen molar-refractivity contribution in [2.45, 2.75) is 19.8 Å². The molecule has 0 aromatic heterocycles. The molecule has 3 amide bonds. The molecule has 1 aliphatic rings. The van der Waals surface area contributed by atoms with Crippen LogP contribution in [0, 0.1) is 5.41 Å². The van der Waals surface area contributed by atoms with Crippen molar-refractivity contribution in [1.82, 2.24) is 10.4 Å². The largest absolute Gasteiger partial charge is 0.350 e. The third kappa shape index (κ3) is 1.66. The Morgan fingerprint density at radius 2 is 2.00 bits per heavy atom. The van der Waals surface area contributed by atoms with Crippen LogP contribution >= 0.6 is 0 Å². The van der Waals surface area contributed by atoms with E-state index in [4.69, 9.17) is 5.73 Å². The van der Waals surface area contributed by atoms with E-state index in [1.54, 1.807) is 0 Å². The second kappa shape index (κ2) is 2.66. The third-order valence-corrected chi connectivity index (χ3v) is 2.15.